The molecule has 34 heavy (non-hydrogen) atoms. The lowest BCUT2D eigenvalue weighted by Gasteiger charge is -2.34. The van der Waals surface area contributed by atoms with Crippen LogP contribution in [-0.4, -0.2) is 39.1 Å². The van der Waals surface area contributed by atoms with Gasteiger partial charge in [-0.2, -0.15) is 4.37 Å². The Morgan fingerprint density at radius 1 is 1.21 bits per heavy atom. The number of carbonyl (C=O) groups excluding carboxylic acids is 3. The lowest BCUT2D eigenvalue weighted by molar-refractivity contribution is -0.127. The van der Waals surface area contributed by atoms with Crippen molar-refractivity contribution in [1.82, 2.24) is 14.6 Å². The summed E-state index contributed by atoms with van der Waals surface area (Å²) in [5.41, 5.74) is 11.9. The molecule has 0 radical (unpaired) electrons. The maximum absolute atomic E-state index is 13.8. The summed E-state index contributed by atoms with van der Waals surface area (Å²) in [5.74, 6) is -1.34. The number of aromatic nitrogens is 1. The van der Waals surface area contributed by atoms with E-state index in [2.05, 4.69) is 9.69 Å². The third kappa shape index (κ3) is 6.27. The second-order valence-corrected chi connectivity index (χ2v) is 10.3. The summed E-state index contributed by atoms with van der Waals surface area (Å²) >= 11 is 7.22. The van der Waals surface area contributed by atoms with Crippen LogP contribution in [0.4, 0.5) is 5.69 Å². The van der Waals surface area contributed by atoms with Crippen LogP contribution in [0.1, 0.15) is 78.1 Å². The maximum atomic E-state index is 13.8. The highest BCUT2D eigenvalue weighted by Gasteiger charge is 2.35. The van der Waals surface area contributed by atoms with E-state index in [0.29, 0.717) is 17.0 Å². The van der Waals surface area contributed by atoms with Gasteiger partial charge < -0.3 is 21.7 Å². The third-order valence-electron chi connectivity index (χ3n) is 6.04. The minimum absolute atomic E-state index is 0.0670. The van der Waals surface area contributed by atoms with E-state index in [1.807, 2.05) is 26.0 Å². The number of nitrogens with one attached hydrogen (secondary N) is 1. The zero-order valence-corrected chi connectivity index (χ0v) is 21.1. The van der Waals surface area contributed by atoms with E-state index in [4.69, 9.17) is 23.1 Å². The number of primary amides is 1. The molecule has 1 saturated carbocycles. The van der Waals surface area contributed by atoms with E-state index in [-0.39, 0.29) is 40.7 Å². The van der Waals surface area contributed by atoms with Gasteiger partial charge in [0, 0.05) is 17.6 Å². The van der Waals surface area contributed by atoms with Gasteiger partial charge in [0.15, 0.2) is 5.69 Å². The van der Waals surface area contributed by atoms with Crippen LogP contribution >= 0.6 is 23.1 Å². The van der Waals surface area contributed by atoms with Crippen LogP contribution in [0.25, 0.3) is 0 Å². The SMILES string of the molecule is CC(C)C[C@@H](C(=O)NC1CCCCC1)N(Cc1ccccc1Cl)C(=O)c1snc(C(N)=O)c1N. The van der Waals surface area contributed by atoms with Crippen molar-refractivity contribution in [2.24, 2.45) is 11.7 Å². The molecule has 10 heteroatoms. The lowest BCUT2D eigenvalue weighted by atomic mass is 9.94. The largest absolute Gasteiger partial charge is 0.395 e. The molecule has 1 aromatic heterocycles. The van der Waals surface area contributed by atoms with E-state index in [0.717, 1.165) is 37.2 Å². The number of anilines is 1. The molecule has 0 unspecified atom stereocenters. The molecule has 1 atom stereocenters. The smallest absolute Gasteiger partial charge is 0.270 e. The number of hydrogen-bond acceptors (Lipinski definition) is 6. The van der Waals surface area contributed by atoms with Crippen LogP contribution in [0.5, 0.6) is 0 Å². The second kappa shape index (κ2) is 11.7. The van der Waals surface area contributed by atoms with Gasteiger partial charge in [0.05, 0.1) is 5.69 Å². The van der Waals surface area contributed by atoms with Crippen molar-refractivity contribution in [2.45, 2.75) is 71.0 Å². The number of halogens is 1. The van der Waals surface area contributed by atoms with Crippen molar-refractivity contribution in [3.05, 3.63) is 45.4 Å². The number of nitrogens with two attached hydrogens (primary N) is 2. The number of hydrogen-bond donors (Lipinski definition) is 3. The molecule has 184 valence electrons. The molecule has 1 fully saturated rings. The fourth-order valence-corrected chi connectivity index (χ4v) is 5.22. The van der Waals surface area contributed by atoms with Crippen LogP contribution < -0.4 is 16.8 Å². The molecule has 1 heterocycles. The number of benzene rings is 1. The van der Waals surface area contributed by atoms with Crippen molar-refractivity contribution >= 4 is 46.5 Å². The fraction of sp³-hybridized carbons (Fsp3) is 0.500. The van der Waals surface area contributed by atoms with Gasteiger partial charge in [0.2, 0.25) is 5.91 Å². The second-order valence-electron chi connectivity index (χ2n) is 9.15. The Bertz CT molecular complexity index is 1040. The Morgan fingerprint density at radius 3 is 2.47 bits per heavy atom. The number of rotatable bonds is 9. The Hall–Kier alpha value is -2.65. The van der Waals surface area contributed by atoms with E-state index in [1.165, 1.54) is 11.3 Å². The monoisotopic (exact) mass is 505 g/mol. The predicted octanol–water partition coefficient (Wildman–Crippen LogP) is 3.98. The first-order valence-electron chi connectivity index (χ1n) is 11.6. The first kappa shape index (κ1) is 26.0. The Kier molecular flexibility index (Phi) is 8.90. The van der Waals surface area contributed by atoms with Crippen LogP contribution in [0.2, 0.25) is 5.02 Å². The van der Waals surface area contributed by atoms with Crippen molar-refractivity contribution in [1.29, 1.82) is 0 Å². The molecule has 1 aromatic carbocycles. The van der Waals surface area contributed by atoms with Gasteiger partial charge in [-0.15, -0.1) is 0 Å². The van der Waals surface area contributed by atoms with Crippen molar-refractivity contribution in [2.75, 3.05) is 5.73 Å². The molecule has 1 aliphatic rings. The summed E-state index contributed by atoms with van der Waals surface area (Å²) in [5, 5.41) is 3.66. The highest BCUT2D eigenvalue weighted by molar-refractivity contribution is 7.09. The Morgan fingerprint density at radius 2 is 1.88 bits per heavy atom. The van der Waals surface area contributed by atoms with E-state index >= 15 is 0 Å². The number of amides is 3. The zero-order valence-electron chi connectivity index (χ0n) is 19.6. The minimum Gasteiger partial charge on any atom is -0.395 e. The Balaban J connectivity index is 1.99. The molecule has 0 saturated heterocycles. The van der Waals surface area contributed by atoms with Gasteiger partial charge in [-0.05, 0) is 48.3 Å². The summed E-state index contributed by atoms with van der Waals surface area (Å²) in [6.07, 6.45) is 5.65. The number of carbonyl (C=O) groups is 3. The van der Waals surface area contributed by atoms with Crippen LogP contribution in [0, 0.1) is 5.92 Å². The van der Waals surface area contributed by atoms with Gasteiger partial charge in [-0.1, -0.05) is 62.9 Å². The van der Waals surface area contributed by atoms with Gasteiger partial charge in [-0.3, -0.25) is 14.4 Å². The maximum Gasteiger partial charge on any atom is 0.270 e. The zero-order chi connectivity index (χ0) is 24.8. The normalized spacial score (nSPS) is 15.2. The molecule has 0 spiro atoms. The first-order chi connectivity index (χ1) is 16.2. The van der Waals surface area contributed by atoms with Gasteiger partial charge in [0.25, 0.3) is 11.8 Å². The standard InChI is InChI=1S/C24H32ClN5O3S/c1-14(2)12-18(23(32)28-16-9-4-3-5-10-16)30(13-15-8-6-7-11-17(15)25)24(33)21-19(26)20(22(27)31)29-34-21/h6-8,11,14,16,18H,3-5,9-10,12-13,26H2,1-2H3,(H2,27,31)(H,28,32)/t18-/m0/s1. The number of nitrogen functional groups attached to an aromatic ring is 1. The molecular weight excluding hydrogens is 474 g/mol. The summed E-state index contributed by atoms with van der Waals surface area (Å²) in [4.78, 5) is 40.5. The fourth-order valence-electron chi connectivity index (χ4n) is 4.26. The Labute approximate surface area is 209 Å². The summed E-state index contributed by atoms with van der Waals surface area (Å²) < 4.78 is 3.97. The highest BCUT2D eigenvalue weighted by atomic mass is 35.5. The van der Waals surface area contributed by atoms with Gasteiger partial charge in [-0.25, -0.2) is 0 Å². The molecule has 5 N–H and O–H groups in total. The van der Waals surface area contributed by atoms with Crippen LogP contribution in [0.3, 0.4) is 0 Å². The van der Waals surface area contributed by atoms with Crippen molar-refractivity contribution in [3.8, 4) is 0 Å². The van der Waals surface area contributed by atoms with Gasteiger partial charge in [0.1, 0.15) is 10.9 Å². The van der Waals surface area contributed by atoms with E-state index < -0.39 is 17.9 Å². The average Bonchev–Trinajstić information content (AvgIpc) is 3.19. The molecule has 3 amide bonds. The molecule has 2 aromatic rings. The molecular formula is C24H32ClN5O3S. The van der Waals surface area contributed by atoms with Crippen LogP contribution in [-0.2, 0) is 11.3 Å². The lowest BCUT2D eigenvalue weighted by Crippen LogP contribution is -2.52. The van der Waals surface area contributed by atoms with Gasteiger partial charge >= 0.3 is 0 Å². The molecule has 1 aliphatic carbocycles. The van der Waals surface area contributed by atoms with Crippen LogP contribution in [0.15, 0.2) is 24.3 Å². The summed E-state index contributed by atoms with van der Waals surface area (Å²) in [7, 11) is 0. The first-order valence-corrected chi connectivity index (χ1v) is 12.7. The summed E-state index contributed by atoms with van der Waals surface area (Å²) in [6.45, 7) is 4.12. The molecule has 0 aliphatic heterocycles. The minimum atomic E-state index is -0.806. The quantitative estimate of drug-likeness (QED) is 0.474. The topological polar surface area (TPSA) is 131 Å². The molecule has 0 bridgehead atoms. The molecule has 8 nitrogen and oxygen atoms in total. The molecule has 3 rings (SSSR count). The van der Waals surface area contributed by atoms with Crippen molar-refractivity contribution < 1.29 is 14.4 Å². The predicted molar refractivity (Wildman–Crippen MR) is 135 cm³/mol. The van der Waals surface area contributed by atoms with E-state index in [1.54, 1.807) is 12.1 Å². The summed E-state index contributed by atoms with van der Waals surface area (Å²) in [6, 6.07) is 6.55. The third-order valence-corrected chi connectivity index (χ3v) is 7.26. The van der Waals surface area contributed by atoms with E-state index in [9.17, 15) is 14.4 Å². The van der Waals surface area contributed by atoms with Crippen molar-refractivity contribution in [3.63, 3.8) is 0 Å². The highest BCUT2D eigenvalue weighted by Crippen LogP contribution is 2.28. The average molecular weight is 506 g/mol. The number of nitrogens with zero attached hydrogens (tertiary/aromatic N) is 2.